The molecule has 0 aliphatic carbocycles. The van der Waals surface area contributed by atoms with Crippen LogP contribution in [0.15, 0.2) is 53.8 Å². The second kappa shape index (κ2) is 3.70. The van der Waals surface area contributed by atoms with Gasteiger partial charge in [0.05, 0.1) is 6.21 Å². The highest BCUT2D eigenvalue weighted by atomic mass is 15.3. The summed E-state index contributed by atoms with van der Waals surface area (Å²) in [6.07, 6.45) is 11.7. The van der Waals surface area contributed by atoms with E-state index < -0.39 is 0 Å². The van der Waals surface area contributed by atoms with Gasteiger partial charge in [-0.1, -0.05) is 30.4 Å². The van der Waals surface area contributed by atoms with Crippen LogP contribution in [0.3, 0.4) is 0 Å². The normalized spacial score (nSPS) is 16.1. The lowest BCUT2D eigenvalue weighted by Crippen LogP contribution is -2.04. The van der Waals surface area contributed by atoms with E-state index in [1.54, 1.807) is 6.21 Å². The van der Waals surface area contributed by atoms with Gasteiger partial charge in [0.15, 0.2) is 0 Å². The molecule has 0 fully saturated rings. The van der Waals surface area contributed by atoms with Crippen LogP contribution in [0.2, 0.25) is 0 Å². The third-order valence-electron chi connectivity index (χ3n) is 2.53. The van der Waals surface area contributed by atoms with Gasteiger partial charge >= 0.3 is 0 Å². The SMILES string of the molecule is C1=CC=C(c2cccc3c2[N]N=C3)NC=C1. The van der Waals surface area contributed by atoms with Gasteiger partial charge in [-0.3, -0.25) is 0 Å². The molecule has 0 saturated heterocycles. The van der Waals surface area contributed by atoms with Gasteiger partial charge in [-0.15, -0.1) is 5.43 Å². The van der Waals surface area contributed by atoms with Crippen LogP contribution >= 0.6 is 0 Å². The maximum absolute atomic E-state index is 4.15. The smallest absolute Gasteiger partial charge is 0.104 e. The van der Waals surface area contributed by atoms with E-state index in [-0.39, 0.29) is 0 Å². The first kappa shape index (κ1) is 8.97. The van der Waals surface area contributed by atoms with Gasteiger partial charge in [-0.25, -0.2) is 0 Å². The molecule has 3 rings (SSSR count). The molecule has 0 spiro atoms. The standard InChI is InChI=1S/C13H10N3/c1-2-7-12(14-8-3-1)11-6-4-5-10-9-15-16-13(10)11/h1-9,14H. The van der Waals surface area contributed by atoms with Crippen LogP contribution in [0.4, 0.5) is 5.69 Å². The lowest BCUT2D eigenvalue weighted by Gasteiger charge is -2.09. The average molecular weight is 208 g/mol. The molecule has 3 nitrogen and oxygen atoms in total. The van der Waals surface area contributed by atoms with Crippen LogP contribution in [0, 0.1) is 0 Å². The number of benzene rings is 1. The second-order valence-corrected chi connectivity index (χ2v) is 3.56. The van der Waals surface area contributed by atoms with Crippen molar-refractivity contribution in [2.45, 2.75) is 0 Å². The molecule has 0 aromatic heterocycles. The molecule has 0 amide bonds. The third kappa shape index (κ3) is 1.42. The first-order valence-corrected chi connectivity index (χ1v) is 5.13. The zero-order chi connectivity index (χ0) is 10.8. The molecule has 0 bridgehead atoms. The summed E-state index contributed by atoms with van der Waals surface area (Å²) in [5, 5.41) is 7.17. The van der Waals surface area contributed by atoms with Gasteiger partial charge < -0.3 is 5.32 Å². The molecular formula is C13H10N3. The minimum Gasteiger partial charge on any atom is -0.361 e. The molecule has 0 saturated carbocycles. The Labute approximate surface area is 93.9 Å². The largest absolute Gasteiger partial charge is 0.361 e. The first-order chi connectivity index (χ1) is 7.95. The van der Waals surface area contributed by atoms with Crippen molar-refractivity contribution in [1.29, 1.82) is 0 Å². The van der Waals surface area contributed by atoms with Crippen LogP contribution < -0.4 is 10.7 Å². The van der Waals surface area contributed by atoms with Crippen molar-refractivity contribution in [3.8, 4) is 0 Å². The molecular weight excluding hydrogens is 198 g/mol. The maximum atomic E-state index is 4.15. The van der Waals surface area contributed by atoms with Crippen molar-refractivity contribution in [3.05, 3.63) is 59.8 Å². The second-order valence-electron chi connectivity index (χ2n) is 3.56. The van der Waals surface area contributed by atoms with Gasteiger partial charge in [0.1, 0.15) is 5.69 Å². The predicted molar refractivity (Wildman–Crippen MR) is 65.2 cm³/mol. The Morgan fingerprint density at radius 1 is 1.06 bits per heavy atom. The summed E-state index contributed by atoms with van der Waals surface area (Å²) in [5.74, 6) is 0. The third-order valence-corrected chi connectivity index (χ3v) is 2.53. The fourth-order valence-corrected chi connectivity index (χ4v) is 1.77. The molecule has 77 valence electrons. The summed E-state index contributed by atoms with van der Waals surface area (Å²) >= 11 is 0. The lowest BCUT2D eigenvalue weighted by atomic mass is 10.1. The Kier molecular flexibility index (Phi) is 2.07. The summed E-state index contributed by atoms with van der Waals surface area (Å²) in [7, 11) is 0. The topological polar surface area (TPSA) is 38.5 Å². The van der Waals surface area contributed by atoms with Crippen molar-refractivity contribution in [1.82, 2.24) is 10.7 Å². The first-order valence-electron chi connectivity index (χ1n) is 5.13. The summed E-state index contributed by atoms with van der Waals surface area (Å²) in [6.45, 7) is 0. The van der Waals surface area contributed by atoms with Gasteiger partial charge in [0.2, 0.25) is 0 Å². The van der Waals surface area contributed by atoms with Gasteiger partial charge in [0, 0.05) is 23.0 Å². The van der Waals surface area contributed by atoms with Gasteiger partial charge in [0.25, 0.3) is 0 Å². The van der Waals surface area contributed by atoms with Crippen molar-refractivity contribution in [2.75, 3.05) is 0 Å². The van der Waals surface area contributed by atoms with Crippen molar-refractivity contribution < 1.29 is 0 Å². The Morgan fingerprint density at radius 2 is 2.06 bits per heavy atom. The molecule has 1 radical (unpaired) electrons. The van der Waals surface area contributed by atoms with Crippen molar-refractivity contribution >= 4 is 17.6 Å². The zero-order valence-electron chi connectivity index (χ0n) is 8.59. The predicted octanol–water partition coefficient (Wildman–Crippen LogP) is 2.28. The van der Waals surface area contributed by atoms with E-state index >= 15 is 0 Å². The molecule has 2 aliphatic rings. The number of hydrogen-bond donors (Lipinski definition) is 1. The lowest BCUT2D eigenvalue weighted by molar-refractivity contribution is 0.984. The Morgan fingerprint density at radius 3 is 3.06 bits per heavy atom. The summed E-state index contributed by atoms with van der Waals surface area (Å²) in [4.78, 5) is 0. The molecule has 2 aliphatic heterocycles. The highest BCUT2D eigenvalue weighted by Gasteiger charge is 2.14. The minimum absolute atomic E-state index is 0.935. The number of allylic oxidation sites excluding steroid dienone is 4. The van der Waals surface area contributed by atoms with Crippen molar-refractivity contribution in [2.24, 2.45) is 5.10 Å². The Balaban J connectivity index is 2.08. The fourth-order valence-electron chi connectivity index (χ4n) is 1.77. The molecule has 0 unspecified atom stereocenters. The molecule has 1 N–H and O–H groups in total. The summed E-state index contributed by atoms with van der Waals surface area (Å²) in [5.41, 5.74) is 8.26. The van der Waals surface area contributed by atoms with E-state index in [1.807, 2.05) is 48.7 Å². The Hall–Kier alpha value is -2.29. The van der Waals surface area contributed by atoms with E-state index in [0.717, 1.165) is 22.5 Å². The molecule has 2 heterocycles. The van der Waals surface area contributed by atoms with E-state index in [0.29, 0.717) is 0 Å². The summed E-state index contributed by atoms with van der Waals surface area (Å²) < 4.78 is 0. The monoisotopic (exact) mass is 208 g/mol. The fraction of sp³-hybridized carbons (Fsp3) is 0. The van der Waals surface area contributed by atoms with Crippen LogP contribution in [-0.4, -0.2) is 6.21 Å². The molecule has 1 aromatic carbocycles. The van der Waals surface area contributed by atoms with Crippen LogP contribution in [0.5, 0.6) is 0 Å². The number of fused-ring (bicyclic) bond motifs is 1. The molecule has 3 heteroatoms. The van der Waals surface area contributed by atoms with E-state index in [1.165, 1.54) is 0 Å². The van der Waals surface area contributed by atoms with Crippen LogP contribution in [0.1, 0.15) is 11.1 Å². The minimum atomic E-state index is 0.935. The Bertz CT molecular complexity index is 536. The maximum Gasteiger partial charge on any atom is 0.104 e. The van der Waals surface area contributed by atoms with Crippen LogP contribution in [-0.2, 0) is 0 Å². The van der Waals surface area contributed by atoms with E-state index in [4.69, 9.17) is 0 Å². The summed E-state index contributed by atoms with van der Waals surface area (Å²) in [6, 6.07) is 6.08. The number of nitrogens with one attached hydrogen (secondary N) is 1. The highest BCUT2D eigenvalue weighted by molar-refractivity contribution is 5.94. The van der Waals surface area contributed by atoms with Crippen LogP contribution in [0.25, 0.3) is 5.70 Å². The molecule has 0 atom stereocenters. The number of hydrogen-bond acceptors (Lipinski definition) is 2. The zero-order valence-corrected chi connectivity index (χ0v) is 8.59. The van der Waals surface area contributed by atoms with Crippen molar-refractivity contribution in [3.63, 3.8) is 0 Å². The molecule has 16 heavy (non-hydrogen) atoms. The quantitative estimate of drug-likeness (QED) is 0.755. The number of rotatable bonds is 1. The number of nitrogens with zero attached hydrogens (tertiary/aromatic N) is 2. The van der Waals surface area contributed by atoms with E-state index in [2.05, 4.69) is 15.8 Å². The van der Waals surface area contributed by atoms with Gasteiger partial charge in [-0.2, -0.15) is 5.10 Å². The van der Waals surface area contributed by atoms with E-state index in [9.17, 15) is 0 Å². The highest BCUT2D eigenvalue weighted by Crippen LogP contribution is 2.28. The van der Waals surface area contributed by atoms with Gasteiger partial charge in [-0.05, 0) is 12.2 Å². The molecule has 1 aromatic rings. The average Bonchev–Trinajstić information content (AvgIpc) is 2.63.